The van der Waals surface area contributed by atoms with E-state index < -0.39 is 0 Å². The molecule has 0 aromatic heterocycles. The van der Waals surface area contributed by atoms with Crippen LogP contribution in [0.3, 0.4) is 0 Å². The van der Waals surface area contributed by atoms with Crippen molar-refractivity contribution in [3.8, 4) is 0 Å². The molecule has 0 aromatic carbocycles. The minimum Gasteiger partial charge on any atom is -0.0885 e. The van der Waals surface area contributed by atoms with Crippen molar-refractivity contribution >= 4 is 0 Å². The van der Waals surface area contributed by atoms with Crippen LogP contribution in [0.25, 0.3) is 0 Å². The lowest BCUT2D eigenvalue weighted by atomic mass is 9.96. The molecule has 0 saturated heterocycles. The van der Waals surface area contributed by atoms with Crippen LogP contribution in [0.1, 0.15) is 194 Å². The summed E-state index contributed by atoms with van der Waals surface area (Å²) in [7, 11) is 0. The quantitative estimate of drug-likeness (QED) is 0.0745. The van der Waals surface area contributed by atoms with Crippen LogP contribution in [0.5, 0.6) is 0 Å². The van der Waals surface area contributed by atoms with E-state index in [0.717, 1.165) is 5.92 Å². The predicted molar refractivity (Wildman–Crippen MR) is 159 cm³/mol. The summed E-state index contributed by atoms with van der Waals surface area (Å²) in [5, 5.41) is 0. The second-order valence-corrected chi connectivity index (χ2v) is 11.3. The summed E-state index contributed by atoms with van der Waals surface area (Å²) in [6, 6.07) is 0. The van der Waals surface area contributed by atoms with Gasteiger partial charge in [-0.1, -0.05) is 174 Å². The van der Waals surface area contributed by atoms with Gasteiger partial charge in [0.05, 0.1) is 0 Å². The number of hydrogen-bond acceptors (Lipinski definition) is 0. The minimum absolute atomic E-state index is 0.828. The zero-order valence-electron chi connectivity index (χ0n) is 24.4. The largest absolute Gasteiger partial charge is 0.0885 e. The second kappa shape index (κ2) is 30.8. The Balaban J connectivity index is 3.19. The summed E-state index contributed by atoms with van der Waals surface area (Å²) in [5.41, 5.74) is 0. The van der Waals surface area contributed by atoms with Crippen LogP contribution in [-0.4, -0.2) is 0 Å². The highest BCUT2D eigenvalue weighted by molar-refractivity contribution is 4.81. The molecule has 0 aliphatic heterocycles. The summed E-state index contributed by atoms with van der Waals surface area (Å²) in [6.45, 7) is 7.04. The van der Waals surface area contributed by atoms with Gasteiger partial charge in [-0.05, 0) is 44.4 Å². The van der Waals surface area contributed by atoms with E-state index in [1.807, 2.05) is 0 Å². The van der Waals surface area contributed by atoms with Gasteiger partial charge in [-0.2, -0.15) is 0 Å². The summed E-state index contributed by atoms with van der Waals surface area (Å²) < 4.78 is 0. The van der Waals surface area contributed by atoms with Crippen molar-refractivity contribution in [2.24, 2.45) is 5.92 Å². The molecule has 1 radical (unpaired) electrons. The lowest BCUT2D eigenvalue weighted by Gasteiger charge is -2.10. The molecule has 34 heavy (non-hydrogen) atoms. The monoisotopic (exact) mass is 476 g/mol. The molecule has 0 heteroatoms. The van der Waals surface area contributed by atoms with Crippen molar-refractivity contribution in [1.29, 1.82) is 0 Å². The standard InChI is InChI=1S/C34H67/c1-4-6-8-10-12-14-16-18-20-22-24-26-28-30-32-34(3)33-31-29-27-25-23-21-19-17-15-13-11-9-7-5-2/h18,20,33-34H,4-17,19,21-32H2,1-3H3/b20-18-. The molecule has 0 aromatic rings. The van der Waals surface area contributed by atoms with Crippen LogP contribution in [0, 0.1) is 12.3 Å². The molecule has 203 valence electrons. The van der Waals surface area contributed by atoms with Crippen LogP contribution in [-0.2, 0) is 0 Å². The maximum atomic E-state index is 2.61. The van der Waals surface area contributed by atoms with Gasteiger partial charge in [-0.25, -0.2) is 0 Å². The van der Waals surface area contributed by atoms with E-state index in [1.54, 1.807) is 0 Å². The third-order valence-electron chi connectivity index (χ3n) is 7.55. The topological polar surface area (TPSA) is 0 Å². The van der Waals surface area contributed by atoms with Crippen molar-refractivity contribution in [2.45, 2.75) is 194 Å². The van der Waals surface area contributed by atoms with E-state index >= 15 is 0 Å². The van der Waals surface area contributed by atoms with E-state index in [4.69, 9.17) is 0 Å². The van der Waals surface area contributed by atoms with Crippen LogP contribution < -0.4 is 0 Å². The van der Waals surface area contributed by atoms with E-state index in [1.165, 1.54) is 173 Å². The van der Waals surface area contributed by atoms with Gasteiger partial charge in [0.1, 0.15) is 0 Å². The third-order valence-corrected chi connectivity index (χ3v) is 7.55. The van der Waals surface area contributed by atoms with E-state index in [9.17, 15) is 0 Å². The molecule has 0 saturated carbocycles. The predicted octanol–water partition coefficient (Wildman–Crippen LogP) is 13.0. The first-order chi connectivity index (χ1) is 16.8. The zero-order valence-corrected chi connectivity index (χ0v) is 24.4. The smallest absolute Gasteiger partial charge is 0.0351 e. The fourth-order valence-electron chi connectivity index (χ4n) is 5.04. The van der Waals surface area contributed by atoms with E-state index in [2.05, 4.69) is 39.3 Å². The van der Waals surface area contributed by atoms with E-state index in [0.29, 0.717) is 0 Å². The second-order valence-electron chi connectivity index (χ2n) is 11.3. The molecular formula is C34H67. The molecular weight excluding hydrogens is 408 g/mol. The Morgan fingerprint density at radius 1 is 0.382 bits per heavy atom. The Kier molecular flexibility index (Phi) is 30.5. The third kappa shape index (κ3) is 29.8. The van der Waals surface area contributed by atoms with Crippen LogP contribution in [0.2, 0.25) is 0 Å². The van der Waals surface area contributed by atoms with Gasteiger partial charge in [0.25, 0.3) is 0 Å². The highest BCUT2D eigenvalue weighted by Crippen LogP contribution is 2.18. The number of allylic oxidation sites excluding steroid dienone is 2. The summed E-state index contributed by atoms with van der Waals surface area (Å²) >= 11 is 0. The maximum Gasteiger partial charge on any atom is -0.0351 e. The SMILES string of the molecule is CCCCCCCC/C=C\CCCCCCC(C)[CH]CCCCCCCCCCCCCCC. The highest BCUT2D eigenvalue weighted by atomic mass is 14.1. The number of hydrogen-bond donors (Lipinski definition) is 0. The van der Waals surface area contributed by atoms with Crippen molar-refractivity contribution in [1.82, 2.24) is 0 Å². The molecule has 0 aliphatic carbocycles. The Bertz CT molecular complexity index is 368. The Hall–Kier alpha value is -0.260. The molecule has 0 fully saturated rings. The van der Waals surface area contributed by atoms with Gasteiger partial charge >= 0.3 is 0 Å². The van der Waals surface area contributed by atoms with Crippen molar-refractivity contribution in [3.05, 3.63) is 18.6 Å². The van der Waals surface area contributed by atoms with E-state index in [-0.39, 0.29) is 0 Å². The average Bonchev–Trinajstić information content (AvgIpc) is 2.84. The molecule has 0 heterocycles. The molecule has 0 aliphatic rings. The summed E-state index contributed by atoms with van der Waals surface area (Å²) in [6.07, 6.45) is 46.0. The van der Waals surface area contributed by atoms with Gasteiger partial charge in [0.15, 0.2) is 0 Å². The van der Waals surface area contributed by atoms with Crippen LogP contribution >= 0.6 is 0 Å². The molecule has 0 spiro atoms. The normalized spacial score (nSPS) is 12.7. The van der Waals surface area contributed by atoms with Gasteiger partial charge in [-0.3, -0.25) is 0 Å². The van der Waals surface area contributed by atoms with Crippen LogP contribution in [0.15, 0.2) is 12.2 Å². The first-order valence-electron chi connectivity index (χ1n) is 16.3. The molecule has 1 atom stereocenters. The van der Waals surface area contributed by atoms with Crippen molar-refractivity contribution in [3.63, 3.8) is 0 Å². The lowest BCUT2D eigenvalue weighted by molar-refractivity contribution is 0.505. The van der Waals surface area contributed by atoms with Gasteiger partial charge in [0, 0.05) is 0 Å². The fourth-order valence-corrected chi connectivity index (χ4v) is 5.04. The molecule has 0 rings (SSSR count). The Morgan fingerprint density at radius 3 is 1.12 bits per heavy atom. The molecule has 0 bridgehead atoms. The molecule has 0 N–H and O–H groups in total. The first kappa shape index (κ1) is 33.7. The lowest BCUT2D eigenvalue weighted by Crippen LogP contribution is -1.96. The van der Waals surface area contributed by atoms with Gasteiger partial charge < -0.3 is 0 Å². The summed E-state index contributed by atoms with van der Waals surface area (Å²) in [5.74, 6) is 0.828. The Morgan fingerprint density at radius 2 is 0.706 bits per heavy atom. The minimum atomic E-state index is 0.828. The Labute approximate surface area is 218 Å². The summed E-state index contributed by atoms with van der Waals surface area (Å²) in [4.78, 5) is 0. The number of rotatable bonds is 29. The molecule has 1 unspecified atom stereocenters. The van der Waals surface area contributed by atoms with Gasteiger partial charge in [0.2, 0.25) is 0 Å². The molecule has 0 amide bonds. The van der Waals surface area contributed by atoms with Crippen molar-refractivity contribution in [2.75, 3.05) is 0 Å². The molecule has 0 nitrogen and oxygen atoms in total. The maximum absolute atomic E-state index is 2.61. The van der Waals surface area contributed by atoms with Crippen LogP contribution in [0.4, 0.5) is 0 Å². The number of unbranched alkanes of at least 4 members (excludes halogenated alkanes) is 23. The van der Waals surface area contributed by atoms with Gasteiger partial charge in [-0.15, -0.1) is 0 Å². The zero-order chi connectivity index (χ0) is 24.8. The average molecular weight is 476 g/mol. The highest BCUT2D eigenvalue weighted by Gasteiger charge is 2.02. The fraction of sp³-hybridized carbons (Fsp3) is 0.912. The first-order valence-corrected chi connectivity index (χ1v) is 16.3. The van der Waals surface area contributed by atoms with Crippen molar-refractivity contribution < 1.29 is 0 Å².